The highest BCUT2D eigenvalue weighted by Crippen LogP contribution is 2.47. The van der Waals surface area contributed by atoms with Crippen molar-refractivity contribution >= 4 is 17.5 Å². The number of amides is 2. The van der Waals surface area contributed by atoms with E-state index < -0.39 is 0 Å². The first-order valence-corrected chi connectivity index (χ1v) is 10.7. The standard InChI is InChI=1S/C24H33N3O5/c1-14(28)25-19-10-7-15-11-20(30-4)23(31-5)24(32-6)22(15)17-9-8-16(12-18(17)19)26-21(29)13-27(2)3/h8-9,11-12,19,22,24H,7,10,13H2,1-6H3,(H,25,28)(H,26,29). The number of nitrogens with one attached hydrogen (secondary N) is 2. The molecule has 0 spiro atoms. The monoisotopic (exact) mass is 443 g/mol. The molecule has 0 saturated carbocycles. The Kier molecular flexibility index (Phi) is 7.58. The van der Waals surface area contributed by atoms with E-state index in [4.69, 9.17) is 14.2 Å². The van der Waals surface area contributed by atoms with Gasteiger partial charge in [-0.3, -0.25) is 9.59 Å². The number of rotatable bonds is 7. The lowest BCUT2D eigenvalue weighted by Gasteiger charge is -2.34. The number of likely N-dealkylation sites (N-methyl/N-ethyl adjacent to an activating group) is 1. The molecule has 8 nitrogen and oxygen atoms in total. The van der Waals surface area contributed by atoms with Gasteiger partial charge in [0.15, 0.2) is 11.5 Å². The Bertz CT molecular complexity index is 938. The molecule has 1 aromatic carbocycles. The van der Waals surface area contributed by atoms with Gasteiger partial charge in [-0.2, -0.15) is 0 Å². The van der Waals surface area contributed by atoms with Crippen LogP contribution in [0.4, 0.5) is 5.69 Å². The van der Waals surface area contributed by atoms with Crippen molar-refractivity contribution in [2.24, 2.45) is 0 Å². The van der Waals surface area contributed by atoms with Gasteiger partial charge in [0.25, 0.3) is 0 Å². The molecular weight excluding hydrogens is 410 g/mol. The fraction of sp³-hybridized carbons (Fsp3) is 0.500. The van der Waals surface area contributed by atoms with Crippen molar-refractivity contribution in [2.45, 2.75) is 37.8 Å². The molecule has 0 bridgehead atoms. The van der Waals surface area contributed by atoms with Crippen molar-refractivity contribution in [1.29, 1.82) is 0 Å². The minimum absolute atomic E-state index is 0.0888. The largest absolute Gasteiger partial charge is 0.494 e. The maximum Gasteiger partial charge on any atom is 0.238 e. The molecule has 0 fully saturated rings. The maximum absolute atomic E-state index is 12.3. The number of nitrogens with zero attached hydrogens (tertiary/aromatic N) is 1. The van der Waals surface area contributed by atoms with Crippen LogP contribution in [0.25, 0.3) is 0 Å². The van der Waals surface area contributed by atoms with Crippen LogP contribution in [-0.4, -0.2) is 64.8 Å². The molecule has 0 saturated heterocycles. The van der Waals surface area contributed by atoms with Gasteiger partial charge in [-0.1, -0.05) is 11.6 Å². The molecule has 2 N–H and O–H groups in total. The Morgan fingerprint density at radius 3 is 2.47 bits per heavy atom. The highest BCUT2D eigenvalue weighted by molar-refractivity contribution is 5.92. The van der Waals surface area contributed by atoms with Crippen molar-refractivity contribution in [1.82, 2.24) is 10.2 Å². The van der Waals surface area contributed by atoms with Crippen LogP contribution in [0.5, 0.6) is 0 Å². The highest BCUT2D eigenvalue weighted by Gasteiger charge is 2.40. The Labute approximate surface area is 189 Å². The molecule has 2 aliphatic rings. The summed E-state index contributed by atoms with van der Waals surface area (Å²) in [5.41, 5.74) is 3.86. The van der Waals surface area contributed by atoms with Crippen molar-refractivity contribution in [3.8, 4) is 0 Å². The Morgan fingerprint density at radius 1 is 1.12 bits per heavy atom. The molecule has 0 aliphatic heterocycles. The summed E-state index contributed by atoms with van der Waals surface area (Å²) in [6.45, 7) is 1.81. The van der Waals surface area contributed by atoms with Crippen molar-refractivity contribution in [3.05, 3.63) is 52.5 Å². The summed E-state index contributed by atoms with van der Waals surface area (Å²) in [6.07, 6.45) is 3.14. The summed E-state index contributed by atoms with van der Waals surface area (Å²) < 4.78 is 17.1. The second-order valence-corrected chi connectivity index (χ2v) is 8.41. The topological polar surface area (TPSA) is 89.1 Å². The quantitative estimate of drug-likeness (QED) is 0.674. The SMILES string of the molecule is COC1=C(OC)C(OC)C2C(=C1)CCC(NC(C)=O)c1cc(NC(=O)CN(C)C)ccc12. The second kappa shape index (κ2) is 10.2. The second-order valence-electron chi connectivity index (χ2n) is 8.41. The summed E-state index contributed by atoms with van der Waals surface area (Å²) in [4.78, 5) is 26.1. The molecule has 3 rings (SSSR count). The summed E-state index contributed by atoms with van der Waals surface area (Å²) in [5, 5.41) is 6.04. The molecule has 2 aliphatic carbocycles. The first-order chi connectivity index (χ1) is 15.3. The zero-order valence-corrected chi connectivity index (χ0v) is 19.7. The van der Waals surface area contributed by atoms with Gasteiger partial charge in [-0.25, -0.2) is 0 Å². The third-order valence-electron chi connectivity index (χ3n) is 5.85. The molecule has 8 heteroatoms. The van der Waals surface area contributed by atoms with Crippen molar-refractivity contribution in [3.63, 3.8) is 0 Å². The van der Waals surface area contributed by atoms with Gasteiger partial charge < -0.3 is 29.7 Å². The molecule has 1 aromatic rings. The molecule has 174 valence electrons. The lowest BCUT2D eigenvalue weighted by Crippen LogP contribution is -2.31. The van der Waals surface area contributed by atoms with Crippen molar-refractivity contribution in [2.75, 3.05) is 47.3 Å². The number of fused-ring (bicyclic) bond motifs is 3. The third kappa shape index (κ3) is 4.97. The molecule has 0 radical (unpaired) electrons. The predicted molar refractivity (Wildman–Crippen MR) is 122 cm³/mol. The molecule has 3 atom stereocenters. The van der Waals surface area contributed by atoms with E-state index in [9.17, 15) is 9.59 Å². The van der Waals surface area contributed by atoms with Gasteiger partial charge in [0.05, 0.1) is 26.8 Å². The first kappa shape index (κ1) is 23.8. The molecular formula is C24H33N3O5. The predicted octanol–water partition coefficient (Wildman–Crippen LogP) is 2.70. The van der Waals surface area contributed by atoms with E-state index in [0.29, 0.717) is 17.2 Å². The van der Waals surface area contributed by atoms with Gasteiger partial charge in [-0.05, 0) is 56.3 Å². The molecule has 0 aromatic heterocycles. The number of ether oxygens (including phenoxy) is 3. The fourth-order valence-corrected chi connectivity index (χ4v) is 4.61. The minimum Gasteiger partial charge on any atom is -0.494 e. The third-order valence-corrected chi connectivity index (χ3v) is 5.85. The van der Waals surface area contributed by atoms with Crippen LogP contribution >= 0.6 is 0 Å². The summed E-state index contributed by atoms with van der Waals surface area (Å²) in [6, 6.07) is 5.68. The number of allylic oxidation sites excluding steroid dienone is 1. The van der Waals surface area contributed by atoms with E-state index in [1.807, 2.05) is 43.3 Å². The summed E-state index contributed by atoms with van der Waals surface area (Å²) >= 11 is 0. The van der Waals surface area contributed by atoms with Gasteiger partial charge in [-0.15, -0.1) is 0 Å². The van der Waals surface area contributed by atoms with Crippen LogP contribution in [0.1, 0.15) is 42.9 Å². The summed E-state index contributed by atoms with van der Waals surface area (Å²) in [5.74, 6) is 1.00. The Hall–Kier alpha value is -2.84. The van der Waals surface area contributed by atoms with Crippen LogP contribution in [0.2, 0.25) is 0 Å². The van der Waals surface area contributed by atoms with E-state index in [1.165, 1.54) is 6.92 Å². The first-order valence-electron chi connectivity index (χ1n) is 10.7. The number of carbonyl (C=O) groups excluding carboxylic acids is 2. The average Bonchev–Trinajstić information content (AvgIpc) is 2.88. The minimum atomic E-state index is -0.362. The normalized spacial score (nSPS) is 22.3. The number of carbonyl (C=O) groups is 2. The number of hydrogen-bond acceptors (Lipinski definition) is 6. The zero-order chi connectivity index (χ0) is 23.4. The van der Waals surface area contributed by atoms with E-state index in [1.54, 1.807) is 21.3 Å². The highest BCUT2D eigenvalue weighted by atomic mass is 16.5. The van der Waals surface area contributed by atoms with Gasteiger partial charge >= 0.3 is 0 Å². The Balaban J connectivity index is 2.08. The van der Waals surface area contributed by atoms with E-state index in [-0.39, 0.29) is 36.4 Å². The number of anilines is 1. The van der Waals surface area contributed by atoms with Gasteiger partial charge in [0.1, 0.15) is 6.10 Å². The molecule has 2 amide bonds. The number of benzene rings is 1. The molecule has 0 heterocycles. The van der Waals surface area contributed by atoms with Crippen LogP contribution in [0, 0.1) is 0 Å². The number of methoxy groups -OCH3 is 3. The maximum atomic E-state index is 12.3. The lowest BCUT2D eigenvalue weighted by atomic mass is 9.80. The van der Waals surface area contributed by atoms with Crippen LogP contribution in [0.3, 0.4) is 0 Å². The van der Waals surface area contributed by atoms with E-state index >= 15 is 0 Å². The zero-order valence-electron chi connectivity index (χ0n) is 19.7. The fourth-order valence-electron chi connectivity index (χ4n) is 4.61. The van der Waals surface area contributed by atoms with Gasteiger partial charge in [0.2, 0.25) is 11.8 Å². The van der Waals surface area contributed by atoms with Crippen LogP contribution in [0.15, 0.2) is 41.4 Å². The average molecular weight is 444 g/mol. The lowest BCUT2D eigenvalue weighted by molar-refractivity contribution is -0.120. The van der Waals surface area contributed by atoms with Crippen LogP contribution < -0.4 is 10.6 Å². The Morgan fingerprint density at radius 2 is 1.88 bits per heavy atom. The molecule has 3 unspecified atom stereocenters. The van der Waals surface area contributed by atoms with E-state index in [2.05, 4.69) is 10.6 Å². The van der Waals surface area contributed by atoms with Crippen molar-refractivity contribution < 1.29 is 23.8 Å². The smallest absolute Gasteiger partial charge is 0.238 e. The van der Waals surface area contributed by atoms with Gasteiger partial charge in [0, 0.05) is 25.6 Å². The molecule has 32 heavy (non-hydrogen) atoms. The van der Waals surface area contributed by atoms with Crippen LogP contribution in [-0.2, 0) is 23.8 Å². The number of hydrogen-bond donors (Lipinski definition) is 2. The summed E-state index contributed by atoms with van der Waals surface area (Å²) in [7, 11) is 8.58. The van der Waals surface area contributed by atoms with E-state index in [0.717, 1.165) is 29.5 Å².